The lowest BCUT2D eigenvalue weighted by Crippen LogP contribution is -2.17. The van der Waals surface area contributed by atoms with Crippen molar-refractivity contribution < 1.29 is 4.79 Å². The molecule has 1 aromatic carbocycles. The monoisotopic (exact) mass is 272 g/mol. The predicted molar refractivity (Wildman–Crippen MR) is 79.9 cm³/mol. The molecule has 3 nitrogen and oxygen atoms in total. The van der Waals surface area contributed by atoms with E-state index in [9.17, 15) is 4.79 Å². The van der Waals surface area contributed by atoms with Gasteiger partial charge in [-0.2, -0.15) is 5.10 Å². The summed E-state index contributed by atoms with van der Waals surface area (Å²) in [5.41, 5.74) is 4.36. The highest BCUT2D eigenvalue weighted by Gasteiger charge is 2.05. The molecule has 0 aliphatic rings. The quantitative estimate of drug-likeness (QED) is 0.670. The van der Waals surface area contributed by atoms with Gasteiger partial charge < -0.3 is 0 Å². The van der Waals surface area contributed by atoms with Crippen LogP contribution in [0.25, 0.3) is 0 Å². The van der Waals surface area contributed by atoms with Gasteiger partial charge in [0.25, 0.3) is 5.91 Å². The Morgan fingerprint density at radius 3 is 2.58 bits per heavy atom. The molecule has 0 fully saturated rings. The number of rotatable bonds is 4. The average Bonchev–Trinajstić information content (AvgIpc) is 2.92. The van der Waals surface area contributed by atoms with Gasteiger partial charge in [-0.1, -0.05) is 32.0 Å². The van der Waals surface area contributed by atoms with E-state index in [-0.39, 0.29) is 5.91 Å². The van der Waals surface area contributed by atoms with Crippen LogP contribution in [0, 0.1) is 0 Å². The van der Waals surface area contributed by atoms with Crippen LogP contribution >= 0.6 is 11.3 Å². The zero-order valence-electron chi connectivity index (χ0n) is 11.0. The number of carbonyl (C=O) groups excluding carboxylic acids is 1. The summed E-state index contributed by atoms with van der Waals surface area (Å²) in [6.45, 7) is 4.25. The van der Waals surface area contributed by atoms with Crippen molar-refractivity contribution in [3.8, 4) is 0 Å². The summed E-state index contributed by atoms with van der Waals surface area (Å²) in [6.07, 6.45) is 1.64. The standard InChI is InChI=1S/C15H16N2OS/c1-11(2)12-5-7-13(8-6-12)15(18)17-16-10-14-4-3-9-19-14/h3-11H,1-2H3,(H,17,18)/b16-10+. The van der Waals surface area contributed by atoms with Crippen molar-refractivity contribution in [3.63, 3.8) is 0 Å². The van der Waals surface area contributed by atoms with Gasteiger partial charge in [-0.15, -0.1) is 11.3 Å². The third-order valence-corrected chi connectivity index (χ3v) is 3.55. The first-order chi connectivity index (χ1) is 9.16. The molecule has 1 heterocycles. The first kappa shape index (κ1) is 13.5. The second-order valence-electron chi connectivity index (χ2n) is 4.49. The van der Waals surface area contributed by atoms with Gasteiger partial charge in [-0.3, -0.25) is 4.79 Å². The Balaban J connectivity index is 1.96. The minimum Gasteiger partial charge on any atom is -0.267 e. The number of nitrogens with zero attached hydrogens (tertiary/aromatic N) is 1. The van der Waals surface area contributed by atoms with Crippen molar-refractivity contribution in [3.05, 3.63) is 57.8 Å². The van der Waals surface area contributed by atoms with E-state index in [0.717, 1.165) is 4.88 Å². The van der Waals surface area contributed by atoms with Gasteiger partial charge in [0.15, 0.2) is 0 Å². The highest BCUT2D eigenvalue weighted by atomic mass is 32.1. The Morgan fingerprint density at radius 2 is 2.00 bits per heavy atom. The van der Waals surface area contributed by atoms with Crippen LogP contribution in [-0.2, 0) is 0 Å². The fourth-order valence-corrected chi connectivity index (χ4v) is 2.19. The van der Waals surface area contributed by atoms with Crippen LogP contribution in [0.4, 0.5) is 0 Å². The summed E-state index contributed by atoms with van der Waals surface area (Å²) in [7, 11) is 0. The third-order valence-electron chi connectivity index (χ3n) is 2.74. The zero-order valence-corrected chi connectivity index (χ0v) is 11.8. The van der Waals surface area contributed by atoms with Gasteiger partial charge in [-0.05, 0) is 35.1 Å². The summed E-state index contributed by atoms with van der Waals surface area (Å²) < 4.78 is 0. The SMILES string of the molecule is CC(C)c1ccc(C(=O)N/N=C/c2cccs2)cc1. The van der Waals surface area contributed by atoms with Crippen molar-refractivity contribution in [2.24, 2.45) is 5.10 Å². The Labute approximate surface area is 117 Å². The van der Waals surface area contributed by atoms with E-state index < -0.39 is 0 Å². The molecule has 2 aromatic rings. The normalized spacial score (nSPS) is 11.1. The number of carbonyl (C=O) groups is 1. The van der Waals surface area contributed by atoms with Crippen molar-refractivity contribution in [2.75, 3.05) is 0 Å². The fourth-order valence-electron chi connectivity index (χ4n) is 1.60. The lowest BCUT2D eigenvalue weighted by Gasteiger charge is -2.05. The topological polar surface area (TPSA) is 41.5 Å². The highest BCUT2D eigenvalue weighted by molar-refractivity contribution is 7.11. The van der Waals surface area contributed by atoms with Crippen LogP contribution in [-0.4, -0.2) is 12.1 Å². The molecular formula is C15H16N2OS. The van der Waals surface area contributed by atoms with Crippen LogP contribution in [0.2, 0.25) is 0 Å². The second-order valence-corrected chi connectivity index (χ2v) is 5.47. The number of thiophene rings is 1. The highest BCUT2D eigenvalue weighted by Crippen LogP contribution is 2.14. The van der Waals surface area contributed by atoms with Gasteiger partial charge >= 0.3 is 0 Å². The second kappa shape index (κ2) is 6.29. The first-order valence-corrected chi connectivity index (χ1v) is 7.01. The third kappa shape index (κ3) is 3.76. The van der Waals surface area contributed by atoms with E-state index in [1.54, 1.807) is 17.6 Å². The van der Waals surface area contributed by atoms with Crippen LogP contribution in [0.15, 0.2) is 46.9 Å². The van der Waals surface area contributed by atoms with Gasteiger partial charge in [0, 0.05) is 10.4 Å². The van der Waals surface area contributed by atoms with E-state index in [2.05, 4.69) is 24.4 Å². The molecule has 0 unspecified atom stereocenters. The van der Waals surface area contributed by atoms with Crippen LogP contribution in [0.3, 0.4) is 0 Å². The minimum absolute atomic E-state index is 0.192. The molecule has 19 heavy (non-hydrogen) atoms. The van der Waals surface area contributed by atoms with Gasteiger partial charge in [-0.25, -0.2) is 5.43 Å². The molecule has 2 rings (SSSR count). The smallest absolute Gasteiger partial charge is 0.267 e. The number of nitrogens with one attached hydrogen (secondary N) is 1. The molecule has 1 aromatic heterocycles. The molecule has 1 N–H and O–H groups in total. The molecular weight excluding hydrogens is 256 g/mol. The lowest BCUT2D eigenvalue weighted by molar-refractivity contribution is 0.0955. The maximum absolute atomic E-state index is 11.8. The van der Waals surface area contributed by atoms with Crippen molar-refractivity contribution in [1.29, 1.82) is 0 Å². The predicted octanol–water partition coefficient (Wildman–Crippen LogP) is 3.64. The Kier molecular flexibility index (Phi) is 4.47. The Morgan fingerprint density at radius 1 is 1.26 bits per heavy atom. The van der Waals surface area contributed by atoms with E-state index in [4.69, 9.17) is 0 Å². The summed E-state index contributed by atoms with van der Waals surface area (Å²) in [4.78, 5) is 12.8. The van der Waals surface area contributed by atoms with Gasteiger partial charge in [0.05, 0.1) is 6.21 Å². The van der Waals surface area contributed by atoms with E-state index >= 15 is 0 Å². The average molecular weight is 272 g/mol. The van der Waals surface area contributed by atoms with Gasteiger partial charge in [0.1, 0.15) is 0 Å². The summed E-state index contributed by atoms with van der Waals surface area (Å²) in [5.74, 6) is 0.275. The number of hydrogen-bond acceptors (Lipinski definition) is 3. The molecule has 1 amide bonds. The largest absolute Gasteiger partial charge is 0.271 e. The van der Waals surface area contributed by atoms with Crippen molar-refractivity contribution in [2.45, 2.75) is 19.8 Å². The fraction of sp³-hybridized carbons (Fsp3) is 0.200. The molecule has 0 atom stereocenters. The number of hydrazone groups is 1. The first-order valence-electron chi connectivity index (χ1n) is 6.13. The molecule has 98 valence electrons. The van der Waals surface area contributed by atoms with Crippen molar-refractivity contribution in [1.82, 2.24) is 5.43 Å². The molecule has 0 aliphatic carbocycles. The molecule has 4 heteroatoms. The number of amides is 1. The summed E-state index contributed by atoms with van der Waals surface area (Å²) in [6, 6.07) is 11.5. The molecule has 0 spiro atoms. The summed E-state index contributed by atoms with van der Waals surface area (Å²) >= 11 is 1.57. The molecule has 0 saturated carbocycles. The minimum atomic E-state index is -0.192. The van der Waals surface area contributed by atoms with E-state index in [1.807, 2.05) is 41.8 Å². The number of benzene rings is 1. The summed E-state index contributed by atoms with van der Waals surface area (Å²) in [5, 5.41) is 5.90. The lowest BCUT2D eigenvalue weighted by atomic mass is 10.0. The Hall–Kier alpha value is -1.94. The molecule has 0 bridgehead atoms. The molecule has 0 radical (unpaired) electrons. The van der Waals surface area contributed by atoms with Crippen molar-refractivity contribution >= 4 is 23.5 Å². The molecule has 0 saturated heterocycles. The van der Waals surface area contributed by atoms with Crippen LogP contribution in [0.1, 0.15) is 40.6 Å². The number of hydrogen-bond donors (Lipinski definition) is 1. The van der Waals surface area contributed by atoms with Crippen LogP contribution in [0.5, 0.6) is 0 Å². The molecule has 0 aliphatic heterocycles. The maximum atomic E-state index is 11.8. The van der Waals surface area contributed by atoms with Crippen LogP contribution < -0.4 is 5.43 Å². The van der Waals surface area contributed by atoms with E-state index in [0.29, 0.717) is 11.5 Å². The maximum Gasteiger partial charge on any atom is 0.271 e. The zero-order chi connectivity index (χ0) is 13.7. The Bertz CT molecular complexity index is 556. The van der Waals surface area contributed by atoms with Gasteiger partial charge in [0.2, 0.25) is 0 Å². The van der Waals surface area contributed by atoms with E-state index in [1.165, 1.54) is 5.56 Å².